The molecule has 1 aromatic heterocycles. The molecule has 5 atom stereocenters. The van der Waals surface area contributed by atoms with Crippen molar-refractivity contribution in [2.75, 3.05) is 26.9 Å². The summed E-state index contributed by atoms with van der Waals surface area (Å²) >= 11 is 1.21. The normalized spacial score (nSPS) is 17.2. The van der Waals surface area contributed by atoms with Crippen LogP contribution in [0.4, 0.5) is 0 Å². The van der Waals surface area contributed by atoms with Crippen molar-refractivity contribution in [3.8, 4) is 0 Å². The Morgan fingerprint density at radius 1 is 1.04 bits per heavy atom. The van der Waals surface area contributed by atoms with Gasteiger partial charge in [-0.3, -0.25) is 28.9 Å². The van der Waals surface area contributed by atoms with Crippen LogP contribution in [0.3, 0.4) is 0 Å². The number of Topliss-reactive ketones (excluding diaryl/α,β-unsaturated/α-hetero) is 1. The second-order valence-electron chi connectivity index (χ2n) is 14.9. The van der Waals surface area contributed by atoms with E-state index in [2.05, 4.69) is 15.2 Å². The van der Waals surface area contributed by atoms with Crippen molar-refractivity contribution in [3.63, 3.8) is 0 Å². The molecule has 0 saturated carbocycles. The number of rotatable bonds is 20. The number of ketones is 1. The van der Waals surface area contributed by atoms with Crippen molar-refractivity contribution in [1.82, 2.24) is 20.1 Å². The number of nitrogens with zero attached hydrogens (tertiary/aromatic N) is 3. The number of carbonyl (C=O) groups excluding carboxylic acids is 5. The van der Waals surface area contributed by atoms with Crippen LogP contribution in [0.25, 0.3) is 0 Å². The van der Waals surface area contributed by atoms with Gasteiger partial charge in [-0.2, -0.15) is 0 Å². The van der Waals surface area contributed by atoms with Crippen molar-refractivity contribution in [3.05, 3.63) is 52.0 Å². The smallest absolute Gasteiger partial charge is 0.307 e. The number of esters is 2. The Kier molecular flexibility index (Phi) is 17.4. The molecule has 2 heterocycles. The van der Waals surface area contributed by atoms with Crippen LogP contribution in [0, 0.1) is 23.7 Å². The van der Waals surface area contributed by atoms with Gasteiger partial charge in [0.25, 0.3) is 5.91 Å². The summed E-state index contributed by atoms with van der Waals surface area (Å²) < 4.78 is 11.6. The zero-order valence-electron chi connectivity index (χ0n) is 32.4. The van der Waals surface area contributed by atoms with Gasteiger partial charge in [-0.25, -0.2) is 4.98 Å². The van der Waals surface area contributed by atoms with Crippen LogP contribution in [-0.4, -0.2) is 83.3 Å². The van der Waals surface area contributed by atoms with Crippen LogP contribution in [-0.2, 0) is 35.1 Å². The minimum atomic E-state index is -0.873. The number of nitrogens with one attached hydrogen (secondary N) is 1. The van der Waals surface area contributed by atoms with Gasteiger partial charge in [0.1, 0.15) is 10.7 Å². The van der Waals surface area contributed by atoms with Crippen LogP contribution in [0.1, 0.15) is 121 Å². The molecule has 2 aromatic rings. The van der Waals surface area contributed by atoms with Crippen LogP contribution in [0.5, 0.6) is 0 Å². The fraction of sp³-hybridized carbons (Fsp3) is 0.650. The zero-order valence-corrected chi connectivity index (χ0v) is 33.2. The minimum Gasteiger partial charge on any atom is -0.455 e. The number of hydrogen-bond acceptors (Lipinski definition) is 10. The third-order valence-corrected chi connectivity index (χ3v) is 10.9. The molecule has 11 nitrogen and oxygen atoms in total. The molecule has 1 fully saturated rings. The number of thiazole rings is 1. The lowest BCUT2D eigenvalue weighted by Gasteiger charge is -2.39. The lowest BCUT2D eigenvalue weighted by Crippen LogP contribution is -2.50. The van der Waals surface area contributed by atoms with Gasteiger partial charge in [-0.05, 0) is 56.2 Å². The average molecular weight is 741 g/mol. The fourth-order valence-electron chi connectivity index (χ4n) is 6.69. The van der Waals surface area contributed by atoms with E-state index in [9.17, 15) is 24.0 Å². The molecule has 288 valence electrons. The van der Waals surface area contributed by atoms with Crippen LogP contribution in [0.2, 0.25) is 0 Å². The highest BCUT2D eigenvalue weighted by atomic mass is 32.1. The first-order valence-corrected chi connectivity index (χ1v) is 19.7. The number of carbonyl (C=O) groups is 5. The zero-order chi connectivity index (χ0) is 38.4. The Morgan fingerprint density at radius 3 is 2.37 bits per heavy atom. The van der Waals surface area contributed by atoms with E-state index >= 15 is 0 Å². The van der Waals surface area contributed by atoms with E-state index in [4.69, 9.17) is 9.47 Å². The summed E-state index contributed by atoms with van der Waals surface area (Å²) in [5.41, 5.74) is 1.32. The molecular weight excluding hydrogens is 681 g/mol. The van der Waals surface area contributed by atoms with E-state index in [1.165, 1.54) is 18.3 Å². The second-order valence-corrected chi connectivity index (χ2v) is 15.8. The molecular formula is C40H60N4O7S. The third-order valence-electron chi connectivity index (χ3n) is 9.94. The summed E-state index contributed by atoms with van der Waals surface area (Å²) in [5.74, 6) is -2.34. The summed E-state index contributed by atoms with van der Waals surface area (Å²) in [6.45, 7) is 14.0. The van der Waals surface area contributed by atoms with Crippen molar-refractivity contribution in [2.24, 2.45) is 23.7 Å². The molecule has 1 N–H and O–H groups in total. The number of ether oxygens (including phenoxy) is 2. The SMILES string of the molecule is CC[C@H](C)[C@H](CC(=O)[C@H]1CCCCN1C)C(=O)N(COC(=O)CC(C)C)[C@H](C[C@@H](OC(C)=O)c1nc(C(=O)NCCc2ccccc2)cs1)C(C)C. The van der Waals surface area contributed by atoms with E-state index in [1.807, 2.05) is 78.9 Å². The van der Waals surface area contributed by atoms with Gasteiger partial charge >= 0.3 is 11.9 Å². The number of benzene rings is 1. The maximum absolute atomic E-state index is 14.8. The maximum atomic E-state index is 14.8. The second kappa shape index (κ2) is 21.2. The molecule has 1 aliphatic heterocycles. The van der Waals surface area contributed by atoms with E-state index in [0.29, 0.717) is 24.4 Å². The standard InChI is InChI=1S/C40H60N4O7S/c1-9-28(6)31(22-35(46)33-17-13-14-20-43(33)8)40(49)44(25-50-37(47)21-26(2)3)34(27(4)5)23-36(51-29(7)45)39-42-32(24-52-39)38(48)41-19-18-30-15-11-10-12-16-30/h10-12,15-16,24,26-28,31,33-34,36H,9,13-14,17-23,25H2,1-8H3,(H,41,48)/t28-,31-,33+,34+,36+/m0/s1. The Labute approximate surface area is 314 Å². The van der Waals surface area contributed by atoms with E-state index in [0.717, 1.165) is 31.4 Å². The first kappa shape index (κ1) is 42.8. The van der Waals surface area contributed by atoms with E-state index < -0.39 is 30.0 Å². The highest BCUT2D eigenvalue weighted by Gasteiger charge is 2.39. The lowest BCUT2D eigenvalue weighted by molar-refractivity contribution is -0.162. The third kappa shape index (κ3) is 13.1. The van der Waals surface area contributed by atoms with Crippen molar-refractivity contribution < 1.29 is 33.4 Å². The molecule has 3 rings (SSSR count). The summed E-state index contributed by atoms with van der Waals surface area (Å²) in [7, 11) is 1.96. The van der Waals surface area contributed by atoms with Crippen molar-refractivity contribution in [1.29, 1.82) is 0 Å². The van der Waals surface area contributed by atoms with Crippen LogP contribution in [0.15, 0.2) is 35.7 Å². The maximum Gasteiger partial charge on any atom is 0.307 e. The molecule has 12 heteroatoms. The average Bonchev–Trinajstić information content (AvgIpc) is 3.60. The summed E-state index contributed by atoms with van der Waals surface area (Å²) in [5, 5.41) is 4.97. The summed E-state index contributed by atoms with van der Waals surface area (Å²) in [6.07, 6.45) is 3.71. The van der Waals surface area contributed by atoms with Crippen LogP contribution >= 0.6 is 11.3 Å². The lowest BCUT2D eigenvalue weighted by atomic mass is 9.82. The number of likely N-dealkylation sites (tertiary alicyclic amines) is 1. The Morgan fingerprint density at radius 2 is 1.75 bits per heavy atom. The molecule has 0 radical (unpaired) electrons. The Hall–Kier alpha value is -3.64. The molecule has 0 unspecified atom stereocenters. The van der Waals surface area contributed by atoms with Crippen molar-refractivity contribution in [2.45, 2.75) is 118 Å². The summed E-state index contributed by atoms with van der Waals surface area (Å²) in [6, 6.07) is 9.06. The molecule has 2 amide bonds. The molecule has 52 heavy (non-hydrogen) atoms. The number of amides is 2. The van der Waals surface area contributed by atoms with E-state index in [1.54, 1.807) is 10.3 Å². The number of likely N-dealkylation sites (N-methyl/N-ethyl adjacent to an activating group) is 1. The van der Waals surface area contributed by atoms with Gasteiger partial charge in [-0.15, -0.1) is 11.3 Å². The first-order chi connectivity index (χ1) is 24.7. The number of aromatic nitrogens is 1. The molecule has 1 aliphatic rings. The predicted molar refractivity (Wildman–Crippen MR) is 202 cm³/mol. The van der Waals surface area contributed by atoms with Crippen LogP contribution < -0.4 is 5.32 Å². The highest BCUT2D eigenvalue weighted by molar-refractivity contribution is 7.09. The first-order valence-electron chi connectivity index (χ1n) is 18.8. The molecule has 0 spiro atoms. The predicted octanol–water partition coefficient (Wildman–Crippen LogP) is 6.62. The largest absolute Gasteiger partial charge is 0.455 e. The van der Waals surface area contributed by atoms with Gasteiger partial charge in [0.2, 0.25) is 5.91 Å². The van der Waals surface area contributed by atoms with Gasteiger partial charge in [-0.1, -0.05) is 84.7 Å². The van der Waals surface area contributed by atoms with Gasteiger partial charge < -0.3 is 19.7 Å². The van der Waals surface area contributed by atoms with Gasteiger partial charge in [0.15, 0.2) is 18.6 Å². The Balaban J connectivity index is 1.90. The monoisotopic (exact) mass is 740 g/mol. The molecule has 1 saturated heterocycles. The van der Waals surface area contributed by atoms with E-state index in [-0.39, 0.29) is 73.1 Å². The topological polar surface area (TPSA) is 135 Å². The van der Waals surface area contributed by atoms with Gasteiger partial charge in [0, 0.05) is 50.1 Å². The van der Waals surface area contributed by atoms with Crippen molar-refractivity contribution >= 4 is 40.9 Å². The quantitative estimate of drug-likeness (QED) is 0.117. The Bertz CT molecular complexity index is 1460. The number of piperidine rings is 1. The fourth-order valence-corrected chi connectivity index (χ4v) is 7.53. The highest BCUT2D eigenvalue weighted by Crippen LogP contribution is 2.33. The minimum absolute atomic E-state index is 0.0499. The molecule has 0 bridgehead atoms. The molecule has 0 aliphatic carbocycles. The summed E-state index contributed by atoms with van der Waals surface area (Å²) in [4.78, 5) is 75.0. The molecule has 1 aromatic carbocycles. The van der Waals surface area contributed by atoms with Gasteiger partial charge in [0.05, 0.1) is 6.04 Å². The number of hydrogen-bond donors (Lipinski definition) is 1.